The molecule has 0 saturated carbocycles. The van der Waals surface area contributed by atoms with E-state index in [1.54, 1.807) is 12.1 Å². The van der Waals surface area contributed by atoms with Gasteiger partial charge in [0.1, 0.15) is 5.15 Å². The minimum absolute atomic E-state index is 0.293. The molecule has 1 unspecified atom stereocenters. The monoisotopic (exact) mass is 347 g/mol. The Kier molecular flexibility index (Phi) is 3.45. The van der Waals surface area contributed by atoms with Gasteiger partial charge in [0, 0.05) is 5.02 Å². The Hall–Kier alpha value is -2.15. The van der Waals surface area contributed by atoms with E-state index >= 15 is 0 Å². The van der Waals surface area contributed by atoms with Crippen LogP contribution in [0, 0.1) is 0 Å². The van der Waals surface area contributed by atoms with Gasteiger partial charge in [-0.25, -0.2) is 19.4 Å². The van der Waals surface area contributed by atoms with E-state index in [0.717, 1.165) is 5.56 Å². The first-order valence-corrected chi connectivity index (χ1v) is 7.71. The van der Waals surface area contributed by atoms with Crippen LogP contribution in [-0.4, -0.2) is 19.7 Å². The normalized spacial score (nSPS) is 16.5. The van der Waals surface area contributed by atoms with E-state index in [1.165, 1.54) is 4.57 Å². The van der Waals surface area contributed by atoms with Crippen molar-refractivity contribution in [2.75, 3.05) is 0 Å². The zero-order valence-corrected chi connectivity index (χ0v) is 13.3. The van der Waals surface area contributed by atoms with Gasteiger partial charge in [-0.1, -0.05) is 41.4 Å². The van der Waals surface area contributed by atoms with Crippen LogP contribution in [0.5, 0.6) is 0 Å². The number of pyridine rings is 1. The van der Waals surface area contributed by atoms with Crippen molar-refractivity contribution in [3.63, 3.8) is 0 Å². The lowest BCUT2D eigenvalue weighted by molar-refractivity contribution is 0.588. The molecule has 6 nitrogen and oxygen atoms in total. The zero-order chi connectivity index (χ0) is 16.0. The third-order valence-corrected chi connectivity index (χ3v) is 4.36. The molecular weight excluding hydrogens is 337 g/mol. The molecule has 3 heterocycles. The molecule has 1 aliphatic rings. The first kappa shape index (κ1) is 14.4. The summed E-state index contributed by atoms with van der Waals surface area (Å²) in [4.78, 5) is 16.5. The molecule has 0 fully saturated rings. The van der Waals surface area contributed by atoms with Crippen molar-refractivity contribution in [3.8, 4) is 5.69 Å². The van der Waals surface area contributed by atoms with Crippen molar-refractivity contribution in [1.29, 1.82) is 0 Å². The number of aromatic nitrogens is 4. The van der Waals surface area contributed by atoms with Crippen LogP contribution in [0.4, 0.5) is 0 Å². The van der Waals surface area contributed by atoms with Gasteiger partial charge in [0.05, 0.1) is 24.0 Å². The van der Waals surface area contributed by atoms with Crippen LogP contribution >= 0.6 is 23.2 Å². The molecule has 4 rings (SSSR count). The first-order chi connectivity index (χ1) is 11.1. The summed E-state index contributed by atoms with van der Waals surface area (Å²) < 4.78 is 1.50. The zero-order valence-electron chi connectivity index (χ0n) is 11.8. The van der Waals surface area contributed by atoms with Crippen LogP contribution in [0.3, 0.4) is 0 Å². The van der Waals surface area contributed by atoms with Crippen LogP contribution in [0.2, 0.25) is 10.2 Å². The van der Waals surface area contributed by atoms with E-state index in [0.29, 0.717) is 33.9 Å². The second-order valence-electron chi connectivity index (χ2n) is 5.15. The summed E-state index contributed by atoms with van der Waals surface area (Å²) in [5.41, 5.74) is 1.82. The summed E-state index contributed by atoms with van der Waals surface area (Å²) in [5, 5.41) is 10.8. The van der Waals surface area contributed by atoms with Crippen molar-refractivity contribution >= 4 is 23.2 Å². The molecule has 116 valence electrons. The van der Waals surface area contributed by atoms with Crippen molar-refractivity contribution in [2.45, 2.75) is 12.6 Å². The Morgan fingerprint density at radius 3 is 2.83 bits per heavy atom. The molecular formula is C15H11Cl2N5O. The van der Waals surface area contributed by atoms with Gasteiger partial charge in [-0.05, 0) is 23.8 Å². The molecule has 2 aromatic heterocycles. The molecule has 0 saturated heterocycles. The Morgan fingerprint density at radius 2 is 2.00 bits per heavy atom. The molecule has 0 amide bonds. The van der Waals surface area contributed by atoms with E-state index in [2.05, 4.69) is 20.5 Å². The third-order valence-electron chi connectivity index (χ3n) is 3.81. The lowest BCUT2D eigenvalue weighted by Gasteiger charge is -2.19. The fraction of sp³-hybridized carbons (Fsp3) is 0.133. The van der Waals surface area contributed by atoms with Crippen molar-refractivity contribution in [2.24, 2.45) is 0 Å². The van der Waals surface area contributed by atoms with Gasteiger partial charge in [-0.3, -0.25) is 5.32 Å². The maximum Gasteiger partial charge on any atom is 0.348 e. The highest BCUT2D eigenvalue weighted by Gasteiger charge is 2.28. The number of benzene rings is 1. The highest BCUT2D eigenvalue weighted by molar-refractivity contribution is 6.31. The van der Waals surface area contributed by atoms with Gasteiger partial charge in [0.15, 0.2) is 5.82 Å². The van der Waals surface area contributed by atoms with Crippen molar-refractivity contribution in [1.82, 2.24) is 25.1 Å². The summed E-state index contributed by atoms with van der Waals surface area (Å²) in [7, 11) is 0. The molecule has 0 radical (unpaired) electrons. The smallest absolute Gasteiger partial charge is 0.298 e. The van der Waals surface area contributed by atoms with Gasteiger partial charge < -0.3 is 0 Å². The number of hydrogen-bond donors (Lipinski definition) is 2. The summed E-state index contributed by atoms with van der Waals surface area (Å²) in [5.74, 6) is 0.579. The minimum atomic E-state index is -0.313. The second kappa shape index (κ2) is 5.49. The van der Waals surface area contributed by atoms with Gasteiger partial charge >= 0.3 is 5.69 Å². The standard InChI is InChI=1S/C15H11Cl2N5O/c16-9-4-2-1-3-8(9)13-14-10(5-6-11(17)19-14)22-12(7-18-13)20-21-15(22)23/h1-6,13,18H,7H2,(H,21,23). The number of aromatic amines is 1. The first-order valence-electron chi connectivity index (χ1n) is 6.96. The molecule has 1 aromatic carbocycles. The van der Waals surface area contributed by atoms with Gasteiger partial charge in [0.25, 0.3) is 0 Å². The molecule has 1 atom stereocenters. The SMILES string of the molecule is O=c1[nH]nc2n1-c1ccc(Cl)nc1C(c1ccccc1Cl)NC2. The Labute approximate surface area is 141 Å². The maximum absolute atomic E-state index is 12.1. The predicted octanol–water partition coefficient (Wildman–Crippen LogP) is 2.46. The quantitative estimate of drug-likeness (QED) is 0.663. The molecule has 8 heteroatoms. The van der Waals surface area contributed by atoms with Crippen LogP contribution in [-0.2, 0) is 6.54 Å². The second-order valence-corrected chi connectivity index (χ2v) is 5.95. The largest absolute Gasteiger partial charge is 0.348 e. The number of rotatable bonds is 1. The highest BCUT2D eigenvalue weighted by atomic mass is 35.5. The van der Waals surface area contributed by atoms with E-state index in [-0.39, 0.29) is 11.7 Å². The van der Waals surface area contributed by atoms with E-state index in [1.807, 2.05) is 24.3 Å². The summed E-state index contributed by atoms with van der Waals surface area (Å²) in [6, 6.07) is 10.6. The Balaban J connectivity index is 1.99. The van der Waals surface area contributed by atoms with E-state index in [4.69, 9.17) is 23.2 Å². The molecule has 23 heavy (non-hydrogen) atoms. The fourth-order valence-corrected chi connectivity index (χ4v) is 3.20. The predicted molar refractivity (Wildman–Crippen MR) is 87.1 cm³/mol. The number of hydrogen-bond acceptors (Lipinski definition) is 4. The number of nitrogens with one attached hydrogen (secondary N) is 2. The van der Waals surface area contributed by atoms with Gasteiger partial charge in [-0.15, -0.1) is 0 Å². The Morgan fingerprint density at radius 1 is 1.17 bits per heavy atom. The molecule has 1 aliphatic heterocycles. The summed E-state index contributed by atoms with van der Waals surface area (Å²) in [6.45, 7) is 0.391. The van der Waals surface area contributed by atoms with Crippen molar-refractivity contribution in [3.05, 3.63) is 74.1 Å². The molecule has 0 aliphatic carbocycles. The number of H-pyrrole nitrogens is 1. The summed E-state index contributed by atoms with van der Waals surface area (Å²) >= 11 is 12.4. The highest BCUT2D eigenvalue weighted by Crippen LogP contribution is 2.33. The van der Waals surface area contributed by atoms with E-state index < -0.39 is 0 Å². The minimum Gasteiger partial charge on any atom is -0.298 e. The molecule has 2 N–H and O–H groups in total. The summed E-state index contributed by atoms with van der Waals surface area (Å²) in [6.07, 6.45) is 0. The third kappa shape index (κ3) is 2.35. The van der Waals surface area contributed by atoms with Crippen LogP contribution in [0.25, 0.3) is 5.69 Å². The van der Waals surface area contributed by atoms with Gasteiger partial charge in [0.2, 0.25) is 0 Å². The average molecular weight is 348 g/mol. The fourth-order valence-electron chi connectivity index (χ4n) is 2.80. The average Bonchev–Trinajstić information content (AvgIpc) is 2.82. The van der Waals surface area contributed by atoms with Crippen LogP contribution in [0.1, 0.15) is 23.1 Å². The molecule has 3 aromatic rings. The van der Waals surface area contributed by atoms with Gasteiger partial charge in [-0.2, -0.15) is 5.10 Å². The van der Waals surface area contributed by atoms with Crippen LogP contribution < -0.4 is 11.0 Å². The number of nitrogens with zero attached hydrogens (tertiary/aromatic N) is 3. The van der Waals surface area contributed by atoms with E-state index in [9.17, 15) is 4.79 Å². The Bertz CT molecular complexity index is 949. The molecule has 0 spiro atoms. The lowest BCUT2D eigenvalue weighted by Crippen LogP contribution is -2.22. The van der Waals surface area contributed by atoms with Crippen LogP contribution in [0.15, 0.2) is 41.2 Å². The number of halogens is 2. The maximum atomic E-state index is 12.1. The number of fused-ring (bicyclic) bond motifs is 3. The topological polar surface area (TPSA) is 75.6 Å². The lowest BCUT2D eigenvalue weighted by atomic mass is 10.0. The van der Waals surface area contributed by atoms with Crippen molar-refractivity contribution < 1.29 is 0 Å². The molecule has 0 bridgehead atoms.